The normalized spacial score (nSPS) is 11.3. The number of alkyl halides is 4. The monoisotopic (exact) mass is 675 g/mol. The molecule has 1 heterocycles. The first-order valence-corrected chi connectivity index (χ1v) is 15.4. The zero-order chi connectivity index (χ0) is 35.2. The highest BCUT2D eigenvalue weighted by Gasteiger charge is 2.31. The van der Waals surface area contributed by atoms with Gasteiger partial charge in [-0.3, -0.25) is 14.3 Å². The molecule has 8 nitrogen and oxygen atoms in total. The maximum atomic E-state index is 13.1. The summed E-state index contributed by atoms with van der Waals surface area (Å²) in [6, 6.07) is 5.78. The molecule has 1 aromatic heterocycles. The molecule has 0 atom stereocenters. The van der Waals surface area contributed by atoms with E-state index in [0.29, 0.717) is 36.9 Å². The first-order chi connectivity index (χ1) is 21.3. The molecule has 0 bridgehead atoms. The van der Waals surface area contributed by atoms with E-state index in [4.69, 9.17) is 16.7 Å². The molecular weight excluding hydrogens is 627 g/mol. The van der Waals surface area contributed by atoms with Crippen molar-refractivity contribution >= 4 is 41.7 Å². The van der Waals surface area contributed by atoms with Gasteiger partial charge in [0.05, 0.1) is 34.3 Å². The molecule has 45 heavy (non-hydrogen) atoms. The van der Waals surface area contributed by atoms with Gasteiger partial charge in [-0.25, -0.2) is 4.98 Å². The molecule has 2 rings (SSSR count). The second-order valence-corrected chi connectivity index (χ2v) is 9.55. The van der Waals surface area contributed by atoms with Gasteiger partial charge in [0.15, 0.2) is 5.76 Å². The van der Waals surface area contributed by atoms with Crippen LogP contribution in [0.5, 0.6) is 0 Å². The van der Waals surface area contributed by atoms with E-state index in [-0.39, 0.29) is 17.1 Å². The van der Waals surface area contributed by atoms with Gasteiger partial charge in [-0.2, -0.15) is 13.2 Å². The molecule has 0 radical (unpaired) electrons. The zero-order valence-corrected chi connectivity index (χ0v) is 29.1. The maximum Gasteiger partial charge on any atom is 0.448 e. The van der Waals surface area contributed by atoms with E-state index >= 15 is 0 Å². The number of hydrogen-bond donors (Lipinski definition) is 4. The SMILES string of the molecule is C/C=C(\C=C/CCl)/C=C/c1ncn(-c2ccc(N(CCCO)CN(C)C)c(NC)c2)c(=O)c1S.C=C(O)C(F)(F)F.CC.CC. The van der Waals surface area contributed by atoms with E-state index in [2.05, 4.69) is 39.3 Å². The Morgan fingerprint density at radius 3 is 2.27 bits per heavy atom. The maximum absolute atomic E-state index is 13.1. The van der Waals surface area contributed by atoms with Crippen LogP contribution in [0.4, 0.5) is 24.5 Å². The van der Waals surface area contributed by atoms with Gasteiger partial charge in [0.1, 0.15) is 6.33 Å². The van der Waals surface area contributed by atoms with Crippen LogP contribution in [0.2, 0.25) is 0 Å². The number of aliphatic hydroxyl groups excluding tert-OH is 2. The van der Waals surface area contributed by atoms with E-state index < -0.39 is 11.9 Å². The Bertz CT molecular complexity index is 1300. The minimum absolute atomic E-state index is 0.127. The Labute approximate surface area is 276 Å². The van der Waals surface area contributed by atoms with Crippen LogP contribution < -0.4 is 15.8 Å². The van der Waals surface area contributed by atoms with Crippen LogP contribution in [-0.4, -0.2) is 77.7 Å². The van der Waals surface area contributed by atoms with Crippen LogP contribution in [0.3, 0.4) is 0 Å². The van der Waals surface area contributed by atoms with Crippen molar-refractivity contribution in [1.29, 1.82) is 0 Å². The van der Waals surface area contributed by atoms with Gasteiger partial charge in [-0.15, -0.1) is 24.2 Å². The third-order valence-electron chi connectivity index (χ3n) is 5.38. The quantitative estimate of drug-likeness (QED) is 0.0602. The predicted octanol–water partition coefficient (Wildman–Crippen LogP) is 7.70. The summed E-state index contributed by atoms with van der Waals surface area (Å²) in [4.78, 5) is 22.1. The number of anilines is 2. The first kappa shape index (κ1) is 43.9. The van der Waals surface area contributed by atoms with Crippen molar-refractivity contribution in [3.8, 4) is 5.69 Å². The summed E-state index contributed by atoms with van der Waals surface area (Å²) in [5.41, 5.74) is 3.74. The molecule has 2 aromatic rings. The molecule has 0 aliphatic heterocycles. The van der Waals surface area contributed by atoms with E-state index in [1.54, 1.807) is 6.08 Å². The third-order valence-corrected chi connectivity index (χ3v) is 5.98. The predicted molar refractivity (Wildman–Crippen MR) is 187 cm³/mol. The highest BCUT2D eigenvalue weighted by molar-refractivity contribution is 7.80. The number of thiol groups is 1. The van der Waals surface area contributed by atoms with Crippen LogP contribution in [0, 0.1) is 0 Å². The number of aromatic nitrogens is 2. The molecule has 0 aliphatic rings. The molecule has 254 valence electrons. The van der Waals surface area contributed by atoms with Gasteiger partial charge in [-0.05, 0) is 57.3 Å². The molecular formula is C32H49ClF3N5O3S. The lowest BCUT2D eigenvalue weighted by Crippen LogP contribution is -2.35. The van der Waals surface area contributed by atoms with Gasteiger partial charge in [0, 0.05) is 26.1 Å². The first-order valence-electron chi connectivity index (χ1n) is 14.5. The number of nitrogens with one attached hydrogen (secondary N) is 1. The van der Waals surface area contributed by atoms with Crippen molar-refractivity contribution in [3.63, 3.8) is 0 Å². The number of aliphatic hydroxyl groups is 2. The summed E-state index contributed by atoms with van der Waals surface area (Å²) in [6.45, 7) is 13.7. The molecule has 13 heteroatoms. The Balaban J connectivity index is 0. The van der Waals surface area contributed by atoms with Crippen molar-refractivity contribution in [1.82, 2.24) is 14.5 Å². The molecule has 1 aromatic carbocycles. The van der Waals surface area contributed by atoms with Gasteiger partial charge in [0.25, 0.3) is 5.56 Å². The lowest BCUT2D eigenvalue weighted by molar-refractivity contribution is -0.119. The van der Waals surface area contributed by atoms with Crippen LogP contribution in [0.15, 0.2) is 76.4 Å². The highest BCUT2D eigenvalue weighted by atomic mass is 35.5. The van der Waals surface area contributed by atoms with E-state index in [9.17, 15) is 23.1 Å². The fourth-order valence-electron chi connectivity index (χ4n) is 3.39. The van der Waals surface area contributed by atoms with Crippen molar-refractivity contribution in [2.24, 2.45) is 0 Å². The Kier molecular flexibility index (Phi) is 23.5. The minimum atomic E-state index is -4.64. The zero-order valence-electron chi connectivity index (χ0n) is 27.5. The molecule has 0 aliphatic carbocycles. The molecule has 0 saturated heterocycles. The molecule has 0 unspecified atom stereocenters. The number of rotatable bonds is 12. The molecule has 0 amide bonds. The number of benzene rings is 1. The van der Waals surface area contributed by atoms with Crippen molar-refractivity contribution < 1.29 is 23.4 Å². The second-order valence-electron chi connectivity index (χ2n) is 8.79. The Hall–Kier alpha value is -3.19. The number of hydrogen-bond acceptors (Lipinski definition) is 8. The summed E-state index contributed by atoms with van der Waals surface area (Å²) in [7, 11) is 5.85. The van der Waals surface area contributed by atoms with Crippen LogP contribution in [0.1, 0.15) is 46.7 Å². The lowest BCUT2D eigenvalue weighted by atomic mass is 10.2. The fourth-order valence-corrected chi connectivity index (χ4v) is 3.72. The van der Waals surface area contributed by atoms with E-state index in [1.807, 2.05) is 98.3 Å². The molecule has 0 fully saturated rings. The summed E-state index contributed by atoms with van der Waals surface area (Å²) in [5.74, 6) is -1.33. The molecule has 3 N–H and O–H groups in total. The van der Waals surface area contributed by atoms with Gasteiger partial charge < -0.3 is 20.4 Å². The lowest BCUT2D eigenvalue weighted by Gasteiger charge is -2.30. The Morgan fingerprint density at radius 2 is 1.80 bits per heavy atom. The minimum Gasteiger partial charge on any atom is -0.505 e. The van der Waals surface area contributed by atoms with Crippen molar-refractivity contribution in [2.45, 2.75) is 52.1 Å². The van der Waals surface area contributed by atoms with Crippen LogP contribution in [0.25, 0.3) is 11.8 Å². The fraction of sp³-hybridized carbons (Fsp3) is 0.438. The van der Waals surface area contributed by atoms with Crippen LogP contribution in [-0.2, 0) is 0 Å². The van der Waals surface area contributed by atoms with Crippen molar-refractivity contribution in [2.75, 3.05) is 57.1 Å². The Morgan fingerprint density at radius 1 is 1.20 bits per heavy atom. The number of allylic oxidation sites excluding steroid dienone is 6. The van der Waals surface area contributed by atoms with Gasteiger partial charge >= 0.3 is 6.18 Å². The summed E-state index contributed by atoms with van der Waals surface area (Å²) in [5, 5.41) is 20.1. The average molecular weight is 676 g/mol. The second kappa shape index (κ2) is 24.1. The average Bonchev–Trinajstić information content (AvgIpc) is 3.02. The van der Waals surface area contributed by atoms with E-state index in [1.165, 1.54) is 10.9 Å². The van der Waals surface area contributed by atoms with Crippen LogP contribution >= 0.6 is 24.2 Å². The number of nitrogens with zero attached hydrogens (tertiary/aromatic N) is 4. The van der Waals surface area contributed by atoms with Gasteiger partial charge in [-0.1, -0.05) is 58.6 Å². The standard InChI is InChI=1S/C25H34ClN5O2S.C3H3F3O.2C2H6/c1-5-19(8-6-13-26)9-11-21-24(34)25(33)31(17-28-21)20-10-12-23(22(16-20)27-2)30(14-7-15-32)18-29(3)4;1-2(7)3(4,5)6;2*1-2/h5-6,8-12,16-17,27,32,34H,7,13-15,18H2,1-4H3;7H,1H2;2*1-2H3/b8-6-,11-9+,19-5+;;;. The smallest absolute Gasteiger partial charge is 0.448 e. The summed E-state index contributed by atoms with van der Waals surface area (Å²) >= 11 is 10.2. The topological polar surface area (TPSA) is 93.9 Å². The molecule has 0 spiro atoms. The largest absolute Gasteiger partial charge is 0.505 e. The van der Waals surface area contributed by atoms with Crippen molar-refractivity contribution in [3.05, 3.63) is 82.8 Å². The van der Waals surface area contributed by atoms with E-state index in [0.717, 1.165) is 16.9 Å². The summed E-state index contributed by atoms with van der Waals surface area (Å²) in [6.07, 6.45) is 6.88. The molecule has 0 saturated carbocycles. The third kappa shape index (κ3) is 16.1. The highest BCUT2D eigenvalue weighted by Crippen LogP contribution is 2.28. The summed E-state index contributed by atoms with van der Waals surface area (Å²) < 4.78 is 34.0. The number of halogens is 4. The van der Waals surface area contributed by atoms with Gasteiger partial charge in [0.2, 0.25) is 0 Å².